The van der Waals surface area contributed by atoms with Gasteiger partial charge in [0.25, 0.3) is 0 Å². The Morgan fingerprint density at radius 1 is 1.70 bits per heavy atom. The number of rotatable bonds is 1. The minimum absolute atomic E-state index is 0.350. The molecule has 56 valence electrons. The topological polar surface area (TPSA) is 66.8 Å². The quantitative estimate of drug-likeness (QED) is 0.486. The van der Waals surface area contributed by atoms with E-state index in [2.05, 4.69) is 0 Å². The summed E-state index contributed by atoms with van der Waals surface area (Å²) < 4.78 is 4.71. The first-order valence-corrected chi connectivity index (χ1v) is 2.90. The highest BCUT2D eigenvalue weighted by atomic mass is 16.5. The summed E-state index contributed by atoms with van der Waals surface area (Å²) in [4.78, 5) is 10.6. The van der Waals surface area contributed by atoms with Crippen molar-refractivity contribution in [3.8, 4) is 0 Å². The fourth-order valence-corrected chi connectivity index (χ4v) is 0.706. The number of hydrogen-bond acceptors (Lipinski definition) is 4. The normalized spacial score (nSPS) is 32.0. The fraction of sp³-hybridized carbons (Fsp3) is 0.500. The van der Waals surface area contributed by atoms with Gasteiger partial charge >= 0.3 is 0 Å². The minimum atomic E-state index is -1.21. The predicted octanol–water partition coefficient (Wildman–Crippen LogP) is -1.18. The third-order valence-electron chi connectivity index (χ3n) is 1.31. The van der Waals surface area contributed by atoms with E-state index in [1.807, 2.05) is 0 Å². The van der Waals surface area contributed by atoms with Crippen LogP contribution in [0.5, 0.6) is 0 Å². The van der Waals surface area contributed by atoms with Crippen LogP contribution in [-0.2, 0) is 9.53 Å². The second-order valence-electron chi connectivity index (χ2n) is 2.01. The predicted molar refractivity (Wildman–Crippen MR) is 32.1 cm³/mol. The monoisotopic (exact) mass is 144 g/mol. The van der Waals surface area contributed by atoms with E-state index in [1.165, 1.54) is 6.26 Å². The number of hydrogen-bond donors (Lipinski definition) is 2. The fourth-order valence-electron chi connectivity index (χ4n) is 0.706. The van der Waals surface area contributed by atoms with Gasteiger partial charge in [0.05, 0.1) is 12.9 Å². The maximum atomic E-state index is 10.6. The van der Waals surface area contributed by atoms with Gasteiger partial charge in [0, 0.05) is 6.08 Å². The largest absolute Gasteiger partial charge is 0.492 e. The molecule has 0 aliphatic carbocycles. The molecule has 1 aliphatic rings. The molecule has 4 heteroatoms. The summed E-state index contributed by atoms with van der Waals surface area (Å²) >= 11 is 0. The van der Waals surface area contributed by atoms with Crippen molar-refractivity contribution in [3.05, 3.63) is 12.3 Å². The van der Waals surface area contributed by atoms with Crippen molar-refractivity contribution in [2.75, 3.05) is 6.61 Å². The molecule has 4 nitrogen and oxygen atoms in total. The molecule has 1 aliphatic heterocycles. The average molecular weight is 144 g/mol. The van der Waals surface area contributed by atoms with Crippen molar-refractivity contribution in [1.82, 2.24) is 0 Å². The van der Waals surface area contributed by atoms with Gasteiger partial charge in [-0.1, -0.05) is 0 Å². The first kappa shape index (κ1) is 7.24. The third-order valence-corrected chi connectivity index (χ3v) is 1.31. The molecule has 0 aromatic rings. The van der Waals surface area contributed by atoms with Crippen molar-refractivity contribution in [2.24, 2.45) is 0 Å². The highest BCUT2D eigenvalue weighted by molar-refractivity contribution is 5.94. The molecule has 0 spiro atoms. The van der Waals surface area contributed by atoms with Crippen LogP contribution in [0.3, 0.4) is 0 Å². The molecule has 0 aromatic carbocycles. The number of carbonyl (C=O) groups excluding carboxylic acids is 1. The SMILES string of the molecule is O=C1C=CO[C@H](CO)[C@H]1O. The van der Waals surface area contributed by atoms with E-state index in [0.29, 0.717) is 0 Å². The highest BCUT2D eigenvalue weighted by Gasteiger charge is 2.27. The van der Waals surface area contributed by atoms with Crippen LogP contribution in [0.1, 0.15) is 0 Å². The summed E-state index contributed by atoms with van der Waals surface area (Å²) in [5.74, 6) is -0.426. The van der Waals surface area contributed by atoms with Gasteiger partial charge in [-0.15, -0.1) is 0 Å². The first-order valence-electron chi connectivity index (χ1n) is 2.90. The van der Waals surface area contributed by atoms with Crippen molar-refractivity contribution < 1.29 is 19.7 Å². The van der Waals surface area contributed by atoms with E-state index in [1.54, 1.807) is 0 Å². The van der Waals surface area contributed by atoms with Gasteiger partial charge < -0.3 is 14.9 Å². The lowest BCUT2D eigenvalue weighted by atomic mass is 10.1. The standard InChI is InChI=1S/C6H8O4/c7-3-5-6(9)4(8)1-2-10-5/h1-2,5-7,9H,3H2/t5-,6+/m1/s1. The van der Waals surface area contributed by atoms with Gasteiger partial charge in [0.1, 0.15) is 0 Å². The number of carbonyl (C=O) groups is 1. The van der Waals surface area contributed by atoms with E-state index < -0.39 is 18.0 Å². The van der Waals surface area contributed by atoms with Crippen LogP contribution in [0.2, 0.25) is 0 Å². The Hall–Kier alpha value is -0.870. The Morgan fingerprint density at radius 2 is 2.40 bits per heavy atom. The van der Waals surface area contributed by atoms with Crippen LogP contribution in [0.25, 0.3) is 0 Å². The van der Waals surface area contributed by atoms with Gasteiger partial charge in [-0.25, -0.2) is 0 Å². The van der Waals surface area contributed by atoms with Gasteiger partial charge in [0.15, 0.2) is 18.0 Å². The molecule has 0 bridgehead atoms. The van der Waals surface area contributed by atoms with Crippen LogP contribution in [0.15, 0.2) is 12.3 Å². The summed E-state index contributed by atoms with van der Waals surface area (Å²) in [6.07, 6.45) is 0.305. The molecule has 1 rings (SSSR count). The lowest BCUT2D eigenvalue weighted by molar-refractivity contribution is -0.132. The van der Waals surface area contributed by atoms with Gasteiger partial charge in [-0.2, -0.15) is 0 Å². The maximum absolute atomic E-state index is 10.6. The van der Waals surface area contributed by atoms with Gasteiger partial charge in [-0.05, 0) is 0 Å². The van der Waals surface area contributed by atoms with E-state index in [0.717, 1.165) is 6.08 Å². The van der Waals surface area contributed by atoms with E-state index >= 15 is 0 Å². The smallest absolute Gasteiger partial charge is 0.191 e. The third kappa shape index (κ3) is 1.17. The summed E-state index contributed by atoms with van der Waals surface area (Å²) in [6.45, 7) is -0.350. The Balaban J connectivity index is 2.65. The molecule has 1 heterocycles. The molecule has 0 saturated carbocycles. The summed E-state index contributed by atoms with van der Waals surface area (Å²) in [5, 5.41) is 17.5. The van der Waals surface area contributed by atoms with E-state index in [4.69, 9.17) is 14.9 Å². The summed E-state index contributed by atoms with van der Waals surface area (Å²) in [6, 6.07) is 0. The van der Waals surface area contributed by atoms with Crippen molar-refractivity contribution >= 4 is 5.78 Å². The van der Waals surface area contributed by atoms with E-state index in [-0.39, 0.29) is 6.61 Å². The Kier molecular flexibility index (Phi) is 2.03. The zero-order valence-corrected chi connectivity index (χ0v) is 5.23. The Bertz CT molecular complexity index is 163. The number of aliphatic hydroxyl groups excluding tert-OH is 2. The molecule has 10 heavy (non-hydrogen) atoms. The average Bonchev–Trinajstić information content (AvgIpc) is 1.95. The second-order valence-corrected chi connectivity index (χ2v) is 2.01. The van der Waals surface area contributed by atoms with Crippen molar-refractivity contribution in [3.63, 3.8) is 0 Å². The number of ether oxygens (including phenoxy) is 1. The van der Waals surface area contributed by atoms with Crippen molar-refractivity contribution in [1.29, 1.82) is 0 Å². The molecular weight excluding hydrogens is 136 g/mol. The minimum Gasteiger partial charge on any atom is -0.492 e. The lowest BCUT2D eigenvalue weighted by Gasteiger charge is -2.21. The Labute approximate surface area is 57.7 Å². The summed E-state index contributed by atoms with van der Waals surface area (Å²) in [7, 11) is 0. The van der Waals surface area contributed by atoms with Gasteiger partial charge in [0.2, 0.25) is 0 Å². The van der Waals surface area contributed by atoms with E-state index in [9.17, 15) is 4.79 Å². The molecule has 0 aromatic heterocycles. The second kappa shape index (κ2) is 2.81. The number of ketones is 1. The van der Waals surface area contributed by atoms with Gasteiger partial charge in [-0.3, -0.25) is 4.79 Å². The molecule has 0 amide bonds. The molecule has 2 N–H and O–H groups in total. The summed E-state index contributed by atoms with van der Waals surface area (Å²) in [5.41, 5.74) is 0. The molecule has 2 atom stereocenters. The van der Waals surface area contributed by atoms with Crippen LogP contribution in [0, 0.1) is 0 Å². The molecule has 0 fully saturated rings. The van der Waals surface area contributed by atoms with Crippen molar-refractivity contribution in [2.45, 2.75) is 12.2 Å². The molecular formula is C6H8O4. The zero-order valence-electron chi connectivity index (χ0n) is 5.23. The maximum Gasteiger partial charge on any atom is 0.191 e. The lowest BCUT2D eigenvalue weighted by Crippen LogP contribution is -2.39. The number of aliphatic hydroxyl groups is 2. The molecule has 0 saturated heterocycles. The highest BCUT2D eigenvalue weighted by Crippen LogP contribution is 2.06. The van der Waals surface area contributed by atoms with Crippen LogP contribution >= 0.6 is 0 Å². The molecule has 0 unspecified atom stereocenters. The zero-order chi connectivity index (χ0) is 7.56. The van der Waals surface area contributed by atoms with Crippen LogP contribution in [0.4, 0.5) is 0 Å². The Morgan fingerprint density at radius 3 is 2.90 bits per heavy atom. The van der Waals surface area contributed by atoms with Crippen LogP contribution < -0.4 is 0 Å². The van der Waals surface area contributed by atoms with Crippen LogP contribution in [-0.4, -0.2) is 34.8 Å². The first-order chi connectivity index (χ1) is 4.75. The molecule has 0 radical (unpaired) electrons.